The van der Waals surface area contributed by atoms with Crippen molar-refractivity contribution in [3.05, 3.63) is 362 Å². The Kier molecular flexibility index (Phi) is 36.2. The first-order chi connectivity index (χ1) is 56.5. The lowest BCUT2D eigenvalue weighted by molar-refractivity contribution is 0.0580. The zero-order valence-corrected chi connectivity index (χ0v) is 70.6. The molecule has 0 spiro atoms. The van der Waals surface area contributed by atoms with Crippen molar-refractivity contribution in [2.75, 3.05) is 21.3 Å². The van der Waals surface area contributed by atoms with E-state index in [4.69, 9.17) is 24.7 Å². The van der Waals surface area contributed by atoms with Crippen LogP contribution < -0.4 is 10.6 Å². The van der Waals surface area contributed by atoms with Crippen molar-refractivity contribution in [3.8, 4) is 33.4 Å². The lowest BCUT2D eigenvalue weighted by Crippen LogP contribution is -2.32. The van der Waals surface area contributed by atoms with Gasteiger partial charge in [-0.15, -0.1) is 0 Å². The van der Waals surface area contributed by atoms with Crippen molar-refractivity contribution >= 4 is 96.8 Å². The number of H-pyrrole nitrogens is 1. The molecule has 0 saturated carbocycles. The Morgan fingerprint density at radius 3 is 1.15 bits per heavy atom. The number of nitrogens with one attached hydrogen (secondary N) is 1. The average Bonchev–Trinajstić information content (AvgIpc) is 1.69. The lowest BCUT2D eigenvalue weighted by Gasteiger charge is -2.13. The molecule has 119 heavy (non-hydrogen) atoms. The fraction of sp³-hybridized carbons (Fsp3) is 0.170. The van der Waals surface area contributed by atoms with Crippen molar-refractivity contribution in [1.29, 1.82) is 0 Å². The quantitative estimate of drug-likeness (QED) is 0.0157. The zero-order chi connectivity index (χ0) is 87.3. The van der Waals surface area contributed by atoms with Crippen LogP contribution in [0.3, 0.4) is 0 Å². The Morgan fingerprint density at radius 1 is 0.454 bits per heavy atom. The highest BCUT2D eigenvalue weighted by molar-refractivity contribution is 9.10. The summed E-state index contributed by atoms with van der Waals surface area (Å²) in [4.78, 5) is 48.3. The van der Waals surface area contributed by atoms with E-state index in [0.717, 1.165) is 97.9 Å². The SMILES string of the molecule is CC(C)(C)[S@@](N)=O.CC(C)(C)[S@](=O)N=Cc1cc(-c2cc(F)ccc2F)cn1Cc1ccccc1.COC(=O)c1cc(-c2cc(F)ccc2F)cn1Cc1ccccc1.COC(=O)c1cc(Br)c[nH]1.COC(=O)c1cc(Br)cn1Cc1ccccc1.O=Cc1cc(-c2cc(F)ccc2F)cn1Cc1ccccc1.OB(O)c1cc(F)ccc1F. The second-order valence-corrected chi connectivity index (χ2v) is 33.2. The normalized spacial score (nSPS) is 11.3. The average molecular weight is 1800 g/mol. The van der Waals surface area contributed by atoms with Crippen LogP contribution in [0.15, 0.2) is 269 Å². The minimum Gasteiger partial charge on any atom is -0.464 e. The fourth-order valence-electron chi connectivity index (χ4n) is 10.6. The van der Waals surface area contributed by atoms with Gasteiger partial charge in [0.2, 0.25) is 0 Å². The number of esters is 3. The third-order valence-corrected chi connectivity index (χ3v) is 20.2. The van der Waals surface area contributed by atoms with Crippen molar-refractivity contribution in [2.24, 2.45) is 9.54 Å². The van der Waals surface area contributed by atoms with Crippen LogP contribution in [0.25, 0.3) is 33.4 Å². The van der Waals surface area contributed by atoms with Gasteiger partial charge in [-0.05, 0) is 199 Å². The third kappa shape index (κ3) is 29.5. The third-order valence-electron chi connectivity index (χ3n) is 16.7. The molecule has 622 valence electrons. The van der Waals surface area contributed by atoms with Gasteiger partial charge in [0.1, 0.15) is 74.6 Å². The van der Waals surface area contributed by atoms with Gasteiger partial charge in [0.25, 0.3) is 0 Å². The number of nitrogens with zero attached hydrogens (tertiary/aromatic N) is 5. The number of ether oxygens (including phenoxy) is 3. The predicted octanol–water partition coefficient (Wildman–Crippen LogP) is 18.6. The Labute approximate surface area is 705 Å². The smallest absolute Gasteiger partial charge is 0.464 e. The maximum Gasteiger partial charge on any atom is 0.491 e. The summed E-state index contributed by atoms with van der Waals surface area (Å²) in [6.07, 6.45) is 10.8. The molecule has 0 unspecified atom stereocenters. The van der Waals surface area contributed by atoms with Gasteiger partial charge >= 0.3 is 25.0 Å². The maximum absolute atomic E-state index is 14.2. The molecule has 18 nitrogen and oxygen atoms in total. The van der Waals surface area contributed by atoms with Crippen molar-refractivity contribution in [3.63, 3.8) is 0 Å². The summed E-state index contributed by atoms with van der Waals surface area (Å²) in [6, 6.07) is 59.5. The number of nitrogens with two attached hydrogens (primary N) is 1. The van der Waals surface area contributed by atoms with Gasteiger partial charge in [0, 0.05) is 105 Å². The summed E-state index contributed by atoms with van der Waals surface area (Å²) in [5, 5.41) is 22.0. The second-order valence-electron chi connectivity index (χ2n) is 27.7. The molecule has 0 radical (unpaired) electrons. The van der Waals surface area contributed by atoms with Gasteiger partial charge in [-0.2, -0.15) is 4.40 Å². The van der Waals surface area contributed by atoms with E-state index in [-0.39, 0.29) is 39.1 Å². The molecule has 31 heteroatoms. The molecule has 5 N–H and O–H groups in total. The standard InChI is InChI=1S/C22H22F2N2OS.C19H15F2NO2.C18H13F2NO.C13H12BrNO2.C6H5BF2O2.C6H6BrNO2.C4H11NOS/c1-22(2,3)28(27)25-13-19-11-17(20-12-18(23)9-10-21(20)24)15-26(19)14-16-7-5-4-6-8-16;1-24-19(23)18-9-14(16-10-15(20)7-8-17(16)21)12-22(18)11-13-5-3-2-4-6-13;19-15-6-7-18(20)17(9-15)14-8-16(12-22)21(11-14)10-13-4-2-1-3-5-13;1-17-13(16)12-7-11(14)9-15(12)8-10-5-3-2-4-6-10;8-4-1-2-6(9)5(3-4)7(10)11;1-10-6(9)5-2-4(7)3-8-5;1-4(2,3)7(5)6/h4-13,15H,14H2,1-3H3;2-10,12H,11H2,1H3;1-9,11-12H,10H2;2-7,9H,8H2,1H3;1-3,10-11H;2-3,8H,1H3;5H2,1-3H3/t28-;;;;;;7-/m0.....0/s1. The van der Waals surface area contributed by atoms with Crippen LogP contribution in [0.4, 0.5) is 35.1 Å². The Hall–Kier alpha value is -11.4. The van der Waals surface area contributed by atoms with Gasteiger partial charge in [-0.1, -0.05) is 121 Å². The number of carbonyl (C=O) groups excluding carboxylic acids is 4. The minimum atomic E-state index is -1.97. The highest BCUT2D eigenvalue weighted by Crippen LogP contribution is 2.31. The van der Waals surface area contributed by atoms with Gasteiger partial charge in [-0.25, -0.2) is 57.9 Å². The topological polar surface area (TPSA) is 244 Å². The van der Waals surface area contributed by atoms with Crippen molar-refractivity contribution in [2.45, 2.75) is 77.2 Å². The van der Waals surface area contributed by atoms with Crippen molar-refractivity contribution in [1.82, 2.24) is 23.3 Å². The number of aromatic amines is 1. The summed E-state index contributed by atoms with van der Waals surface area (Å²) in [5.74, 6) is -5.87. The van der Waals surface area contributed by atoms with E-state index in [1.54, 1.807) is 58.2 Å². The van der Waals surface area contributed by atoms with Gasteiger partial charge in [0.15, 0.2) is 6.29 Å². The zero-order valence-electron chi connectivity index (χ0n) is 65.8. The van der Waals surface area contributed by atoms with E-state index in [1.165, 1.54) is 39.7 Å². The first-order valence-corrected chi connectivity index (χ1v) is 39.9. The molecule has 0 aliphatic rings. The highest BCUT2D eigenvalue weighted by Gasteiger charge is 2.23. The molecule has 2 atom stereocenters. The highest BCUT2D eigenvalue weighted by atomic mass is 79.9. The van der Waals surface area contributed by atoms with E-state index < -0.39 is 91.8 Å². The lowest BCUT2D eigenvalue weighted by atomic mass is 9.80. The molecular weight excluding hydrogens is 1720 g/mol. The number of hydrogen-bond donors (Lipinski definition) is 4. The van der Waals surface area contributed by atoms with Crippen molar-refractivity contribution < 1.29 is 87.0 Å². The molecule has 0 aliphatic heterocycles. The molecule has 0 aliphatic carbocycles. The summed E-state index contributed by atoms with van der Waals surface area (Å²) >= 11 is 6.56. The molecule has 13 rings (SSSR count). The number of aldehydes is 1. The van der Waals surface area contributed by atoms with Gasteiger partial charge in [-0.3, -0.25) is 9.93 Å². The number of aromatic nitrogens is 5. The number of carbonyl (C=O) groups is 4. The fourth-order valence-corrected chi connectivity index (χ4v) is 11.9. The van der Waals surface area contributed by atoms with E-state index in [9.17, 15) is 62.7 Å². The summed E-state index contributed by atoms with van der Waals surface area (Å²) < 4.78 is 156. The summed E-state index contributed by atoms with van der Waals surface area (Å²) in [6.45, 7) is 13.1. The Morgan fingerprint density at radius 2 is 0.798 bits per heavy atom. The predicted molar refractivity (Wildman–Crippen MR) is 455 cm³/mol. The number of benzene rings is 8. The van der Waals surface area contributed by atoms with Gasteiger partial charge in [0.05, 0.1) is 59.4 Å². The van der Waals surface area contributed by atoms with Crippen LogP contribution in [0.5, 0.6) is 0 Å². The molecule has 0 saturated heterocycles. The molecule has 0 bridgehead atoms. The molecule has 0 fully saturated rings. The van der Waals surface area contributed by atoms with E-state index in [1.807, 2.05) is 178 Å². The first-order valence-electron chi connectivity index (χ1n) is 35.9. The van der Waals surface area contributed by atoms with Crippen LogP contribution >= 0.6 is 31.9 Å². The Bertz CT molecular complexity index is 5610. The number of methoxy groups -OCH3 is 3. The first kappa shape index (κ1) is 94.7. The van der Waals surface area contributed by atoms with Crippen LogP contribution in [-0.4, -0.2) is 110 Å². The Balaban J connectivity index is 0.000000199. The number of halogens is 10. The largest absolute Gasteiger partial charge is 0.491 e. The molecule has 0 amide bonds. The van der Waals surface area contributed by atoms with Crippen LogP contribution in [-0.2, 0) is 62.4 Å². The van der Waals surface area contributed by atoms with E-state index in [2.05, 4.69) is 46.0 Å². The molecule has 13 aromatic rings. The summed E-state index contributed by atoms with van der Waals surface area (Å²) in [7, 11) is -0.552. The minimum absolute atomic E-state index is 0.104. The number of hydrogen-bond acceptors (Lipinski definition) is 11. The maximum atomic E-state index is 14.2. The van der Waals surface area contributed by atoms with Crippen LogP contribution in [0, 0.1) is 46.5 Å². The van der Waals surface area contributed by atoms with E-state index >= 15 is 0 Å². The molecule has 5 heterocycles. The van der Waals surface area contributed by atoms with Crippen LogP contribution in [0.2, 0.25) is 0 Å². The molecule has 5 aromatic heterocycles. The van der Waals surface area contributed by atoms with Crippen LogP contribution in [0.1, 0.15) is 111 Å². The number of rotatable bonds is 18. The van der Waals surface area contributed by atoms with E-state index in [0.29, 0.717) is 71.9 Å². The van der Waals surface area contributed by atoms with Gasteiger partial charge < -0.3 is 47.5 Å². The molecular formula is C88H84BBr2F8N7O11S2. The molecule has 8 aromatic carbocycles. The summed E-state index contributed by atoms with van der Waals surface area (Å²) in [5.41, 5.74) is 7.97. The second kappa shape index (κ2) is 45.5. The monoisotopic (exact) mass is 1800 g/mol.